The highest BCUT2D eigenvalue weighted by molar-refractivity contribution is 5.77. The van der Waals surface area contributed by atoms with E-state index < -0.39 is 0 Å². The smallest absolute Gasteiger partial charge is 0.341 e. The fourth-order valence-electron chi connectivity index (χ4n) is 2.90. The van der Waals surface area contributed by atoms with Crippen molar-refractivity contribution in [2.24, 2.45) is 0 Å². The number of aromatic amines is 1. The predicted molar refractivity (Wildman–Crippen MR) is 90.1 cm³/mol. The standard InChI is InChI=1S/C18H15N3O2/c1-2-12-7-9-13(10-8-12)20-17(22)16-11-19-14-5-3-4-6-15(14)21(16)18(20)23/h3-11,19H,2H2,1H3. The number of nitrogens with one attached hydrogen (secondary N) is 1. The Morgan fingerprint density at radius 2 is 1.70 bits per heavy atom. The molecule has 1 N–H and O–H groups in total. The van der Waals surface area contributed by atoms with Crippen LogP contribution in [0.4, 0.5) is 0 Å². The van der Waals surface area contributed by atoms with Crippen LogP contribution in [0.2, 0.25) is 0 Å². The van der Waals surface area contributed by atoms with Crippen LogP contribution in [0.1, 0.15) is 12.5 Å². The quantitative estimate of drug-likeness (QED) is 0.618. The van der Waals surface area contributed by atoms with E-state index in [-0.39, 0.29) is 11.2 Å². The molecular formula is C18H15N3O2. The lowest BCUT2D eigenvalue weighted by atomic mass is 10.1. The third kappa shape index (κ3) is 1.93. The first kappa shape index (κ1) is 13.6. The van der Waals surface area contributed by atoms with Gasteiger partial charge in [-0.05, 0) is 36.2 Å². The molecule has 2 aromatic carbocycles. The van der Waals surface area contributed by atoms with Gasteiger partial charge < -0.3 is 4.98 Å². The summed E-state index contributed by atoms with van der Waals surface area (Å²) in [6.07, 6.45) is 2.50. The van der Waals surface area contributed by atoms with Crippen molar-refractivity contribution in [1.29, 1.82) is 0 Å². The van der Waals surface area contributed by atoms with Crippen molar-refractivity contribution >= 4 is 11.0 Å². The Bertz CT molecular complexity index is 1080. The Labute approximate surface area is 131 Å². The first-order valence-corrected chi connectivity index (χ1v) is 7.54. The summed E-state index contributed by atoms with van der Waals surface area (Å²) in [7, 11) is 0. The number of H-pyrrole nitrogens is 1. The molecule has 0 saturated carbocycles. The number of rotatable bonds is 2. The van der Waals surface area contributed by atoms with Gasteiger partial charge in [0, 0.05) is 6.20 Å². The van der Waals surface area contributed by atoms with Gasteiger partial charge in [0.15, 0.2) is 0 Å². The van der Waals surface area contributed by atoms with Gasteiger partial charge in [-0.15, -0.1) is 0 Å². The van der Waals surface area contributed by atoms with Crippen molar-refractivity contribution in [1.82, 2.24) is 14.1 Å². The van der Waals surface area contributed by atoms with E-state index in [1.54, 1.807) is 6.20 Å². The van der Waals surface area contributed by atoms with Gasteiger partial charge in [-0.3, -0.25) is 9.36 Å². The Hall–Kier alpha value is -3.08. The van der Waals surface area contributed by atoms with Crippen LogP contribution in [0.3, 0.4) is 0 Å². The maximum atomic E-state index is 12.8. The fourth-order valence-corrected chi connectivity index (χ4v) is 2.90. The topological polar surface area (TPSA) is 59.8 Å². The summed E-state index contributed by atoms with van der Waals surface area (Å²) < 4.78 is 2.68. The molecule has 5 nitrogen and oxygen atoms in total. The first-order valence-electron chi connectivity index (χ1n) is 7.54. The van der Waals surface area contributed by atoms with E-state index in [1.807, 2.05) is 48.5 Å². The van der Waals surface area contributed by atoms with Crippen LogP contribution in [0.15, 0.2) is 64.3 Å². The fraction of sp³-hybridized carbons (Fsp3) is 0.111. The first-order chi connectivity index (χ1) is 11.2. The highest BCUT2D eigenvalue weighted by Crippen LogP contribution is 2.15. The van der Waals surface area contributed by atoms with Crippen molar-refractivity contribution in [3.05, 3.63) is 81.1 Å². The number of aromatic nitrogens is 3. The zero-order chi connectivity index (χ0) is 16.0. The molecule has 23 heavy (non-hydrogen) atoms. The van der Waals surface area contributed by atoms with E-state index >= 15 is 0 Å². The molecule has 4 rings (SSSR count). The second kappa shape index (κ2) is 4.98. The molecule has 0 fully saturated rings. The van der Waals surface area contributed by atoms with Gasteiger partial charge in [-0.2, -0.15) is 0 Å². The molecule has 0 spiro atoms. The van der Waals surface area contributed by atoms with E-state index in [0.717, 1.165) is 17.5 Å². The highest BCUT2D eigenvalue weighted by atomic mass is 16.2. The predicted octanol–water partition coefficient (Wildman–Crippen LogP) is 2.47. The molecule has 2 aliphatic heterocycles. The van der Waals surface area contributed by atoms with Gasteiger partial charge in [0.1, 0.15) is 5.69 Å². The minimum atomic E-state index is -0.348. The Morgan fingerprint density at radius 1 is 0.957 bits per heavy atom. The summed E-state index contributed by atoms with van der Waals surface area (Å²) in [4.78, 5) is 28.6. The van der Waals surface area contributed by atoms with Crippen molar-refractivity contribution in [3.63, 3.8) is 0 Å². The summed E-state index contributed by atoms with van der Waals surface area (Å²) in [6, 6.07) is 14.9. The SMILES string of the molecule is CCc1ccc(-n2c(=O)c3c[nH]c4ccccc4n-3c2=O)cc1. The highest BCUT2D eigenvalue weighted by Gasteiger charge is 2.20. The van der Waals surface area contributed by atoms with Crippen molar-refractivity contribution in [2.45, 2.75) is 13.3 Å². The number of hydrogen-bond donors (Lipinski definition) is 1. The molecule has 0 unspecified atom stereocenters. The molecule has 0 bridgehead atoms. The zero-order valence-electron chi connectivity index (χ0n) is 12.6. The lowest BCUT2D eigenvalue weighted by Gasteiger charge is -2.05. The lowest BCUT2D eigenvalue weighted by Crippen LogP contribution is -2.25. The minimum Gasteiger partial charge on any atom is -0.358 e. The Kier molecular flexibility index (Phi) is 2.94. The lowest BCUT2D eigenvalue weighted by molar-refractivity contribution is 0.920. The van der Waals surface area contributed by atoms with E-state index in [1.165, 1.54) is 9.13 Å². The molecule has 0 atom stereocenters. The molecule has 2 aromatic rings. The molecule has 0 radical (unpaired) electrons. The van der Waals surface area contributed by atoms with Crippen molar-refractivity contribution < 1.29 is 0 Å². The maximum absolute atomic E-state index is 12.8. The minimum absolute atomic E-state index is 0.318. The van der Waals surface area contributed by atoms with Crippen LogP contribution in [-0.2, 0) is 6.42 Å². The van der Waals surface area contributed by atoms with Gasteiger partial charge in [0.2, 0.25) is 0 Å². The molecule has 0 aromatic heterocycles. The molecule has 0 aliphatic carbocycles. The van der Waals surface area contributed by atoms with Crippen LogP contribution in [0.5, 0.6) is 0 Å². The number of benzene rings is 2. The van der Waals surface area contributed by atoms with Crippen LogP contribution < -0.4 is 11.2 Å². The van der Waals surface area contributed by atoms with Gasteiger partial charge >= 0.3 is 5.69 Å². The molecule has 2 heterocycles. The van der Waals surface area contributed by atoms with Gasteiger partial charge in [0.05, 0.1) is 16.7 Å². The second-order valence-corrected chi connectivity index (χ2v) is 5.47. The monoisotopic (exact) mass is 305 g/mol. The Morgan fingerprint density at radius 3 is 2.43 bits per heavy atom. The van der Waals surface area contributed by atoms with Gasteiger partial charge in [0.25, 0.3) is 5.56 Å². The van der Waals surface area contributed by atoms with Gasteiger partial charge in [-0.1, -0.05) is 31.2 Å². The van der Waals surface area contributed by atoms with E-state index in [4.69, 9.17) is 0 Å². The number of imidazole rings is 1. The molecule has 0 amide bonds. The van der Waals surface area contributed by atoms with Crippen LogP contribution in [0, 0.1) is 0 Å². The normalized spacial score (nSPS) is 11.3. The van der Waals surface area contributed by atoms with Crippen molar-refractivity contribution in [2.75, 3.05) is 0 Å². The summed E-state index contributed by atoms with van der Waals surface area (Å²) in [5.41, 5.74) is 2.92. The number of fused-ring (bicyclic) bond motifs is 3. The van der Waals surface area contributed by atoms with Gasteiger partial charge in [-0.25, -0.2) is 9.36 Å². The number of aryl methyl sites for hydroxylation is 1. The molecule has 5 heteroatoms. The summed E-state index contributed by atoms with van der Waals surface area (Å²) in [5, 5.41) is 0. The second-order valence-electron chi connectivity index (χ2n) is 5.47. The largest absolute Gasteiger partial charge is 0.358 e. The maximum Gasteiger partial charge on any atom is 0.341 e. The summed E-state index contributed by atoms with van der Waals surface area (Å²) in [6.45, 7) is 2.06. The molecule has 2 aliphatic rings. The van der Waals surface area contributed by atoms with Crippen LogP contribution in [0.25, 0.3) is 22.4 Å². The van der Waals surface area contributed by atoms with Crippen molar-refractivity contribution in [3.8, 4) is 11.4 Å². The average molecular weight is 305 g/mol. The molecule has 0 saturated heterocycles. The third-order valence-electron chi connectivity index (χ3n) is 4.16. The van der Waals surface area contributed by atoms with Crippen LogP contribution >= 0.6 is 0 Å². The average Bonchev–Trinajstić information content (AvgIpc) is 2.86. The summed E-state index contributed by atoms with van der Waals surface area (Å²) >= 11 is 0. The van der Waals surface area contributed by atoms with E-state index in [2.05, 4.69) is 11.9 Å². The summed E-state index contributed by atoms with van der Waals surface area (Å²) in [5.74, 6) is 0. The molecular weight excluding hydrogens is 290 g/mol. The Balaban J connectivity index is 2.08. The zero-order valence-corrected chi connectivity index (χ0v) is 12.6. The molecule has 114 valence electrons. The van der Waals surface area contributed by atoms with E-state index in [9.17, 15) is 9.59 Å². The number of para-hydroxylation sites is 2. The number of hydrogen-bond acceptors (Lipinski definition) is 2. The van der Waals surface area contributed by atoms with E-state index in [0.29, 0.717) is 16.9 Å². The third-order valence-corrected chi connectivity index (χ3v) is 4.16. The van der Waals surface area contributed by atoms with Crippen LogP contribution in [-0.4, -0.2) is 14.1 Å². The number of nitrogens with zero attached hydrogens (tertiary/aromatic N) is 2.